The Kier molecular flexibility index (Phi) is 8.06. The molecular weight excluding hydrogens is 470 g/mol. The van der Waals surface area contributed by atoms with Gasteiger partial charge in [0.05, 0.1) is 18.7 Å². The van der Waals surface area contributed by atoms with E-state index in [1.807, 2.05) is 49.4 Å². The average Bonchev–Trinajstić information content (AvgIpc) is 3.24. The number of benzene rings is 2. The number of rotatable bonds is 10. The van der Waals surface area contributed by atoms with Gasteiger partial charge in [-0.25, -0.2) is 0 Å². The molecule has 5 rings (SSSR count). The van der Waals surface area contributed by atoms with Gasteiger partial charge < -0.3 is 24.3 Å². The summed E-state index contributed by atoms with van der Waals surface area (Å²) in [6.07, 6.45) is 3.52. The van der Waals surface area contributed by atoms with E-state index >= 15 is 0 Å². The van der Waals surface area contributed by atoms with E-state index in [0.29, 0.717) is 30.4 Å². The van der Waals surface area contributed by atoms with Gasteiger partial charge in [-0.1, -0.05) is 19.4 Å². The number of aromatic nitrogens is 1. The number of fused-ring (bicyclic) bond motifs is 2. The van der Waals surface area contributed by atoms with Crippen molar-refractivity contribution in [2.75, 3.05) is 46.0 Å². The van der Waals surface area contributed by atoms with Crippen LogP contribution in [0.15, 0.2) is 48.7 Å². The number of amides is 1. The van der Waals surface area contributed by atoms with Crippen LogP contribution in [0.2, 0.25) is 0 Å². The highest BCUT2D eigenvalue weighted by molar-refractivity contribution is 5.87. The minimum absolute atomic E-state index is 0.0106. The van der Waals surface area contributed by atoms with Crippen LogP contribution in [0, 0.1) is 0 Å². The molecule has 3 heterocycles. The highest BCUT2D eigenvalue weighted by Crippen LogP contribution is 2.41. The summed E-state index contributed by atoms with van der Waals surface area (Å²) in [6.45, 7) is 9.68. The Labute approximate surface area is 217 Å². The van der Waals surface area contributed by atoms with Crippen molar-refractivity contribution in [3.8, 4) is 23.0 Å². The van der Waals surface area contributed by atoms with Crippen molar-refractivity contribution in [3.05, 3.63) is 54.2 Å². The van der Waals surface area contributed by atoms with Crippen LogP contribution in [0.25, 0.3) is 10.9 Å². The minimum Gasteiger partial charge on any atom is -0.492 e. The van der Waals surface area contributed by atoms with Crippen LogP contribution in [-0.2, 0) is 9.53 Å². The molecule has 8 nitrogen and oxygen atoms in total. The lowest BCUT2D eigenvalue weighted by molar-refractivity contribution is -0.123. The summed E-state index contributed by atoms with van der Waals surface area (Å²) < 4.78 is 23.7. The van der Waals surface area contributed by atoms with Crippen molar-refractivity contribution in [2.45, 2.75) is 38.7 Å². The average molecular weight is 506 g/mol. The predicted molar refractivity (Wildman–Crippen MR) is 142 cm³/mol. The molecule has 1 fully saturated rings. The van der Waals surface area contributed by atoms with Crippen molar-refractivity contribution < 1.29 is 23.7 Å². The molecule has 0 radical (unpaired) electrons. The standard InChI is InChI=1S/C29H35N3O5/c1-3-4-10-31-29(33)28-20(2)36-27-19-22(6-8-24(27)28)37-26-9-11-30-25-18-21(5-7-23(25)26)35-17-14-32-12-15-34-16-13-32/h5-9,11,18-20,28H,3-4,10,12-17H2,1-2H3,(H,31,33). The molecule has 1 aromatic heterocycles. The van der Waals surface area contributed by atoms with Gasteiger partial charge in [0.2, 0.25) is 5.91 Å². The van der Waals surface area contributed by atoms with E-state index in [0.717, 1.165) is 67.9 Å². The summed E-state index contributed by atoms with van der Waals surface area (Å²) in [5, 5.41) is 3.92. The van der Waals surface area contributed by atoms with E-state index in [9.17, 15) is 4.79 Å². The molecule has 3 aromatic rings. The van der Waals surface area contributed by atoms with E-state index in [-0.39, 0.29) is 17.9 Å². The Bertz CT molecular complexity index is 1230. The molecule has 2 aromatic carbocycles. The van der Waals surface area contributed by atoms with Crippen molar-refractivity contribution in [3.63, 3.8) is 0 Å². The molecule has 37 heavy (non-hydrogen) atoms. The number of carbonyl (C=O) groups is 1. The lowest BCUT2D eigenvalue weighted by Crippen LogP contribution is -2.38. The first-order valence-electron chi connectivity index (χ1n) is 13.2. The van der Waals surface area contributed by atoms with Gasteiger partial charge in [0.1, 0.15) is 41.6 Å². The maximum absolute atomic E-state index is 12.7. The lowest BCUT2D eigenvalue weighted by atomic mass is 9.95. The Morgan fingerprint density at radius 2 is 1.97 bits per heavy atom. The number of nitrogens with one attached hydrogen (secondary N) is 1. The Balaban J connectivity index is 1.25. The van der Waals surface area contributed by atoms with Crippen LogP contribution in [0.5, 0.6) is 23.0 Å². The van der Waals surface area contributed by atoms with Gasteiger partial charge in [-0.3, -0.25) is 14.7 Å². The second-order valence-electron chi connectivity index (χ2n) is 9.54. The van der Waals surface area contributed by atoms with Gasteiger partial charge in [0, 0.05) is 55.5 Å². The molecule has 2 unspecified atom stereocenters. The number of pyridine rings is 1. The topological polar surface area (TPSA) is 82.2 Å². The minimum atomic E-state index is -0.315. The molecule has 1 amide bonds. The summed E-state index contributed by atoms with van der Waals surface area (Å²) >= 11 is 0. The van der Waals surface area contributed by atoms with Crippen LogP contribution in [0.3, 0.4) is 0 Å². The second kappa shape index (κ2) is 11.8. The third-order valence-corrected chi connectivity index (χ3v) is 6.90. The first-order valence-corrected chi connectivity index (χ1v) is 13.2. The molecule has 0 spiro atoms. The number of nitrogens with zero attached hydrogens (tertiary/aromatic N) is 2. The van der Waals surface area contributed by atoms with E-state index in [2.05, 4.69) is 22.1 Å². The molecule has 0 bridgehead atoms. The van der Waals surface area contributed by atoms with Gasteiger partial charge in [-0.15, -0.1) is 0 Å². The third-order valence-electron chi connectivity index (χ3n) is 6.90. The molecule has 8 heteroatoms. The highest BCUT2D eigenvalue weighted by atomic mass is 16.5. The van der Waals surface area contributed by atoms with E-state index < -0.39 is 0 Å². The number of morpholine rings is 1. The summed E-state index contributed by atoms with van der Waals surface area (Å²) in [5.41, 5.74) is 1.70. The van der Waals surface area contributed by atoms with Crippen molar-refractivity contribution in [1.29, 1.82) is 0 Å². The molecule has 0 saturated carbocycles. The molecule has 2 atom stereocenters. The first-order chi connectivity index (χ1) is 18.1. The number of hydrogen-bond donors (Lipinski definition) is 1. The Hall–Kier alpha value is -3.36. The zero-order chi connectivity index (χ0) is 25.6. The van der Waals surface area contributed by atoms with E-state index in [1.165, 1.54) is 0 Å². The Morgan fingerprint density at radius 1 is 1.14 bits per heavy atom. The summed E-state index contributed by atoms with van der Waals surface area (Å²) in [5.74, 6) is 2.52. The van der Waals surface area contributed by atoms with Crippen LogP contribution in [0.1, 0.15) is 38.2 Å². The summed E-state index contributed by atoms with van der Waals surface area (Å²) in [6, 6.07) is 13.4. The number of carbonyl (C=O) groups excluding carboxylic acids is 1. The fourth-order valence-corrected chi connectivity index (χ4v) is 4.84. The van der Waals surface area contributed by atoms with Crippen molar-refractivity contribution in [2.24, 2.45) is 0 Å². The van der Waals surface area contributed by atoms with Crippen LogP contribution < -0.4 is 19.5 Å². The van der Waals surface area contributed by atoms with Crippen LogP contribution in [-0.4, -0.2) is 67.9 Å². The van der Waals surface area contributed by atoms with Gasteiger partial charge in [-0.2, -0.15) is 0 Å². The number of hydrogen-bond acceptors (Lipinski definition) is 7. The van der Waals surface area contributed by atoms with Gasteiger partial charge in [0.15, 0.2) is 0 Å². The Morgan fingerprint density at radius 3 is 2.81 bits per heavy atom. The maximum Gasteiger partial charge on any atom is 0.231 e. The summed E-state index contributed by atoms with van der Waals surface area (Å²) in [7, 11) is 0. The predicted octanol–water partition coefficient (Wildman–Crippen LogP) is 4.52. The van der Waals surface area contributed by atoms with Crippen LogP contribution in [0.4, 0.5) is 0 Å². The fourth-order valence-electron chi connectivity index (χ4n) is 4.84. The monoisotopic (exact) mass is 505 g/mol. The second-order valence-corrected chi connectivity index (χ2v) is 9.54. The van der Waals surface area contributed by atoms with Gasteiger partial charge >= 0.3 is 0 Å². The summed E-state index contributed by atoms with van der Waals surface area (Å²) in [4.78, 5) is 19.6. The van der Waals surface area contributed by atoms with Gasteiger partial charge in [-0.05, 0) is 37.6 Å². The number of unbranched alkanes of at least 4 members (excludes halogenated alkanes) is 1. The third kappa shape index (κ3) is 5.97. The molecule has 1 N–H and O–H groups in total. The fraction of sp³-hybridized carbons (Fsp3) is 0.448. The quantitative estimate of drug-likeness (QED) is 0.406. The molecule has 2 aliphatic rings. The molecule has 1 saturated heterocycles. The lowest BCUT2D eigenvalue weighted by Gasteiger charge is -2.26. The SMILES string of the molecule is CCCCNC(=O)C1c2ccc(Oc3ccnc4cc(OCCN5CCOCC5)ccc34)cc2OC1C. The zero-order valence-electron chi connectivity index (χ0n) is 21.6. The normalized spacial score (nSPS) is 19.3. The zero-order valence-corrected chi connectivity index (χ0v) is 21.6. The van der Waals surface area contributed by atoms with E-state index in [4.69, 9.17) is 18.9 Å². The van der Waals surface area contributed by atoms with Crippen molar-refractivity contribution >= 4 is 16.8 Å². The molecule has 2 aliphatic heterocycles. The number of ether oxygens (including phenoxy) is 4. The smallest absolute Gasteiger partial charge is 0.231 e. The van der Waals surface area contributed by atoms with Crippen molar-refractivity contribution in [1.82, 2.24) is 15.2 Å². The molecular formula is C29H35N3O5. The maximum atomic E-state index is 12.7. The van der Waals surface area contributed by atoms with Crippen LogP contribution >= 0.6 is 0 Å². The van der Waals surface area contributed by atoms with E-state index in [1.54, 1.807) is 6.20 Å². The highest BCUT2D eigenvalue weighted by Gasteiger charge is 2.36. The first kappa shape index (κ1) is 25.3. The molecule has 0 aliphatic carbocycles. The molecule has 196 valence electrons. The largest absolute Gasteiger partial charge is 0.492 e. The van der Waals surface area contributed by atoms with Gasteiger partial charge in [0.25, 0.3) is 0 Å².